The molecule has 0 saturated heterocycles. The molecule has 0 aromatic heterocycles. The highest BCUT2D eigenvalue weighted by molar-refractivity contribution is 5.77. The van der Waals surface area contributed by atoms with Crippen LogP contribution in [-0.2, 0) is 9.53 Å². The summed E-state index contributed by atoms with van der Waals surface area (Å²) in [7, 11) is 0. The first-order valence-electron chi connectivity index (χ1n) is 7.82. The first-order valence-corrected chi connectivity index (χ1v) is 7.82. The van der Waals surface area contributed by atoms with E-state index in [9.17, 15) is 4.79 Å². The summed E-state index contributed by atoms with van der Waals surface area (Å²) in [4.78, 5) is 11.7. The van der Waals surface area contributed by atoms with Crippen LogP contribution in [0.2, 0.25) is 0 Å². The monoisotopic (exact) mass is 284 g/mol. The van der Waals surface area contributed by atoms with Gasteiger partial charge in [-0.05, 0) is 50.9 Å². The molecule has 20 heavy (non-hydrogen) atoms. The maximum absolute atomic E-state index is 11.7. The minimum Gasteiger partial charge on any atom is -0.364 e. The van der Waals surface area contributed by atoms with E-state index in [1.807, 2.05) is 13.8 Å². The Hall–Kier alpha value is -0.610. The molecule has 0 aromatic rings. The van der Waals surface area contributed by atoms with Crippen molar-refractivity contribution in [3.8, 4) is 0 Å². The molecule has 1 rings (SSSR count). The largest absolute Gasteiger partial charge is 0.364 e. The van der Waals surface area contributed by atoms with Crippen LogP contribution < -0.4 is 11.1 Å². The molecule has 0 heterocycles. The average molecular weight is 284 g/mol. The normalized spacial score (nSPS) is 27.6. The quantitative estimate of drug-likeness (QED) is 0.815. The predicted octanol–water partition coefficient (Wildman–Crippen LogP) is 2.46. The third-order valence-electron chi connectivity index (χ3n) is 4.45. The van der Waals surface area contributed by atoms with Crippen LogP contribution in [0.4, 0.5) is 0 Å². The molecule has 4 heteroatoms. The van der Waals surface area contributed by atoms with E-state index in [1.54, 1.807) is 0 Å². The number of nitrogens with two attached hydrogens (primary N) is 1. The van der Waals surface area contributed by atoms with E-state index in [0.29, 0.717) is 12.0 Å². The highest BCUT2D eigenvalue weighted by Gasteiger charge is 2.39. The van der Waals surface area contributed by atoms with Gasteiger partial charge in [0.15, 0.2) is 0 Å². The van der Waals surface area contributed by atoms with E-state index in [-0.39, 0.29) is 24.2 Å². The average Bonchev–Trinajstić information content (AvgIpc) is 2.35. The molecule has 1 aliphatic rings. The summed E-state index contributed by atoms with van der Waals surface area (Å²) in [5, 5.41) is 2.85. The molecule has 0 aromatic carbocycles. The van der Waals surface area contributed by atoms with Crippen molar-refractivity contribution < 1.29 is 9.53 Å². The maximum Gasteiger partial charge on any atom is 0.246 e. The molecule has 4 nitrogen and oxygen atoms in total. The molecule has 118 valence electrons. The number of ether oxygens (including phenoxy) is 1. The van der Waals surface area contributed by atoms with Gasteiger partial charge < -0.3 is 15.8 Å². The Bertz CT molecular complexity index is 313. The maximum atomic E-state index is 11.7. The summed E-state index contributed by atoms with van der Waals surface area (Å²) in [5.41, 5.74) is 5.97. The Labute approximate surface area is 123 Å². The van der Waals surface area contributed by atoms with E-state index in [2.05, 4.69) is 26.1 Å². The molecule has 1 amide bonds. The summed E-state index contributed by atoms with van der Waals surface area (Å²) in [6, 6.07) is 0.150. The zero-order valence-corrected chi connectivity index (χ0v) is 13.8. The lowest BCUT2D eigenvalue weighted by Crippen LogP contribution is -2.47. The Kier molecular flexibility index (Phi) is 6.02. The first-order chi connectivity index (χ1) is 9.18. The van der Waals surface area contributed by atoms with Gasteiger partial charge >= 0.3 is 0 Å². The van der Waals surface area contributed by atoms with Crippen LogP contribution in [0.25, 0.3) is 0 Å². The van der Waals surface area contributed by atoms with Gasteiger partial charge in [-0.25, -0.2) is 0 Å². The van der Waals surface area contributed by atoms with Gasteiger partial charge in [0.2, 0.25) is 5.91 Å². The lowest BCUT2D eigenvalue weighted by molar-refractivity contribution is -0.137. The zero-order valence-electron chi connectivity index (χ0n) is 13.8. The summed E-state index contributed by atoms with van der Waals surface area (Å²) >= 11 is 0. The second-order valence-corrected chi connectivity index (χ2v) is 7.54. The fraction of sp³-hybridized carbons (Fsp3) is 0.938. The zero-order chi connectivity index (χ0) is 15.4. The van der Waals surface area contributed by atoms with E-state index < -0.39 is 0 Å². The van der Waals surface area contributed by atoms with Crippen molar-refractivity contribution in [1.29, 1.82) is 0 Å². The third-order valence-corrected chi connectivity index (χ3v) is 4.45. The van der Waals surface area contributed by atoms with Gasteiger partial charge in [-0.3, -0.25) is 4.79 Å². The second kappa shape index (κ2) is 6.90. The van der Waals surface area contributed by atoms with Crippen LogP contribution in [0.1, 0.15) is 60.3 Å². The Balaban J connectivity index is 2.48. The molecule has 0 radical (unpaired) electrons. The number of carbonyl (C=O) groups excluding carboxylic acids is 1. The van der Waals surface area contributed by atoms with Crippen molar-refractivity contribution in [2.24, 2.45) is 17.1 Å². The van der Waals surface area contributed by atoms with Crippen LogP contribution in [0, 0.1) is 11.3 Å². The molecule has 0 spiro atoms. The molecule has 1 saturated carbocycles. The fourth-order valence-corrected chi connectivity index (χ4v) is 3.00. The SMILES string of the molecule is CC(C)NC(=O)COC1(CN)CCC(C(C)(C)C)CC1. The number of carbonyl (C=O) groups is 1. The number of hydrogen-bond acceptors (Lipinski definition) is 3. The molecule has 1 fully saturated rings. The first kappa shape index (κ1) is 17.4. The van der Waals surface area contributed by atoms with Gasteiger partial charge in [0.25, 0.3) is 0 Å². The molecule has 0 unspecified atom stereocenters. The van der Waals surface area contributed by atoms with Gasteiger partial charge in [-0.15, -0.1) is 0 Å². The van der Waals surface area contributed by atoms with Crippen molar-refractivity contribution >= 4 is 5.91 Å². The van der Waals surface area contributed by atoms with Crippen LogP contribution in [0.3, 0.4) is 0 Å². The summed E-state index contributed by atoms with van der Waals surface area (Å²) < 4.78 is 5.91. The van der Waals surface area contributed by atoms with Gasteiger partial charge in [0.1, 0.15) is 6.61 Å². The highest BCUT2D eigenvalue weighted by atomic mass is 16.5. The lowest BCUT2D eigenvalue weighted by atomic mass is 9.68. The Morgan fingerprint density at radius 2 is 1.90 bits per heavy atom. The summed E-state index contributed by atoms with van der Waals surface area (Å²) in [6.45, 7) is 11.4. The van der Waals surface area contributed by atoms with Crippen molar-refractivity contribution in [2.75, 3.05) is 13.2 Å². The van der Waals surface area contributed by atoms with E-state index in [0.717, 1.165) is 31.6 Å². The van der Waals surface area contributed by atoms with E-state index >= 15 is 0 Å². The van der Waals surface area contributed by atoms with Gasteiger partial charge in [-0.1, -0.05) is 20.8 Å². The minimum atomic E-state index is -0.296. The highest BCUT2D eigenvalue weighted by Crippen LogP contribution is 2.42. The van der Waals surface area contributed by atoms with Gasteiger partial charge in [0.05, 0.1) is 5.60 Å². The third kappa shape index (κ3) is 5.06. The van der Waals surface area contributed by atoms with Crippen molar-refractivity contribution in [3.63, 3.8) is 0 Å². The number of amides is 1. The van der Waals surface area contributed by atoms with Crippen molar-refractivity contribution in [3.05, 3.63) is 0 Å². The number of rotatable bonds is 5. The Morgan fingerprint density at radius 1 is 1.35 bits per heavy atom. The topological polar surface area (TPSA) is 64.3 Å². The van der Waals surface area contributed by atoms with Crippen LogP contribution >= 0.6 is 0 Å². The van der Waals surface area contributed by atoms with Crippen LogP contribution in [0.15, 0.2) is 0 Å². The molecule has 0 aliphatic heterocycles. The molecule has 0 bridgehead atoms. The van der Waals surface area contributed by atoms with Crippen LogP contribution in [-0.4, -0.2) is 30.7 Å². The van der Waals surface area contributed by atoms with E-state index in [4.69, 9.17) is 10.5 Å². The molecule has 3 N–H and O–H groups in total. The second-order valence-electron chi connectivity index (χ2n) is 7.54. The lowest BCUT2D eigenvalue weighted by Gasteiger charge is -2.43. The molecular formula is C16H32N2O2. The smallest absolute Gasteiger partial charge is 0.246 e. The van der Waals surface area contributed by atoms with Crippen molar-refractivity contribution in [1.82, 2.24) is 5.32 Å². The van der Waals surface area contributed by atoms with Crippen LogP contribution in [0.5, 0.6) is 0 Å². The van der Waals surface area contributed by atoms with E-state index in [1.165, 1.54) is 0 Å². The number of nitrogens with one attached hydrogen (secondary N) is 1. The standard InChI is InChI=1S/C16H32N2O2/c1-12(2)18-14(19)10-20-16(11-17)8-6-13(7-9-16)15(3,4)5/h12-13H,6-11,17H2,1-5H3,(H,18,19). The summed E-state index contributed by atoms with van der Waals surface area (Å²) in [6.07, 6.45) is 4.18. The van der Waals surface area contributed by atoms with Gasteiger partial charge in [0, 0.05) is 12.6 Å². The summed E-state index contributed by atoms with van der Waals surface area (Å²) in [5.74, 6) is 0.668. The fourth-order valence-electron chi connectivity index (χ4n) is 3.00. The molecule has 1 aliphatic carbocycles. The van der Waals surface area contributed by atoms with Crippen molar-refractivity contribution in [2.45, 2.75) is 71.9 Å². The molecule has 0 atom stereocenters. The molecular weight excluding hydrogens is 252 g/mol. The minimum absolute atomic E-state index is 0.0502. The Morgan fingerprint density at radius 3 is 2.30 bits per heavy atom. The predicted molar refractivity (Wildman–Crippen MR) is 82.4 cm³/mol. The van der Waals surface area contributed by atoms with Gasteiger partial charge in [-0.2, -0.15) is 0 Å². The number of hydrogen-bond donors (Lipinski definition) is 2.